The Morgan fingerprint density at radius 2 is 2.36 bits per heavy atom. The molecule has 0 bridgehead atoms. The highest BCUT2D eigenvalue weighted by molar-refractivity contribution is 7.09. The normalized spacial score (nSPS) is 10.6. The van der Waals surface area contributed by atoms with Crippen LogP contribution < -0.4 is 0 Å². The lowest BCUT2D eigenvalue weighted by Gasteiger charge is -2.04. The number of nitrogens with zero attached hydrogens (tertiary/aromatic N) is 2. The zero-order valence-corrected chi connectivity index (χ0v) is 9.43. The summed E-state index contributed by atoms with van der Waals surface area (Å²) in [6, 6.07) is 0. The summed E-state index contributed by atoms with van der Waals surface area (Å²) in [5.74, 6) is -0.244. The molecule has 14 heavy (non-hydrogen) atoms. The lowest BCUT2D eigenvalue weighted by atomic mass is 10.3. The molecule has 0 aromatic carbocycles. The van der Waals surface area contributed by atoms with E-state index >= 15 is 0 Å². The molecule has 0 atom stereocenters. The Morgan fingerprint density at radius 1 is 1.64 bits per heavy atom. The highest BCUT2D eigenvalue weighted by atomic mass is 32.1. The minimum atomic E-state index is -0.244. The zero-order chi connectivity index (χ0) is 10.6. The number of aromatic nitrogens is 1. The monoisotopic (exact) mass is 214 g/mol. The first-order chi connectivity index (χ1) is 6.61. The maximum atomic E-state index is 10.9. The summed E-state index contributed by atoms with van der Waals surface area (Å²) in [6.07, 6.45) is 0.264. The van der Waals surface area contributed by atoms with Gasteiger partial charge >= 0.3 is 5.97 Å². The number of ether oxygens (including phenoxy) is 1. The van der Waals surface area contributed by atoms with Crippen molar-refractivity contribution in [1.29, 1.82) is 0 Å². The fraction of sp³-hybridized carbons (Fsp3) is 0.556. The van der Waals surface area contributed by atoms with Crippen LogP contribution in [0.15, 0.2) is 5.38 Å². The van der Waals surface area contributed by atoms with Crippen LogP contribution in [0.5, 0.6) is 0 Å². The summed E-state index contributed by atoms with van der Waals surface area (Å²) in [5.41, 5.74) is 0.790. The summed E-state index contributed by atoms with van der Waals surface area (Å²) in [6.45, 7) is 0.811. The predicted molar refractivity (Wildman–Crippen MR) is 55.2 cm³/mol. The topological polar surface area (TPSA) is 42.4 Å². The van der Waals surface area contributed by atoms with Gasteiger partial charge in [0.2, 0.25) is 0 Å². The molecule has 4 nitrogen and oxygen atoms in total. The van der Waals surface area contributed by atoms with Gasteiger partial charge in [0.25, 0.3) is 0 Å². The Balaban J connectivity index is 2.55. The number of hydrogen-bond donors (Lipinski definition) is 0. The van der Waals surface area contributed by atoms with Gasteiger partial charge in [0.15, 0.2) is 0 Å². The van der Waals surface area contributed by atoms with Gasteiger partial charge in [0.1, 0.15) is 5.01 Å². The van der Waals surface area contributed by atoms with Gasteiger partial charge in [-0.05, 0) is 14.1 Å². The quantitative estimate of drug-likeness (QED) is 0.699. The van der Waals surface area contributed by atoms with Crippen molar-refractivity contribution in [2.45, 2.75) is 13.0 Å². The van der Waals surface area contributed by atoms with E-state index in [1.807, 2.05) is 24.4 Å². The van der Waals surface area contributed by atoms with E-state index in [0.29, 0.717) is 0 Å². The van der Waals surface area contributed by atoms with Crippen molar-refractivity contribution < 1.29 is 9.53 Å². The lowest BCUT2D eigenvalue weighted by Crippen LogP contribution is -2.10. The molecule has 0 spiro atoms. The molecule has 0 unspecified atom stereocenters. The molecule has 78 valence electrons. The van der Waals surface area contributed by atoms with Gasteiger partial charge in [-0.25, -0.2) is 4.98 Å². The second-order valence-corrected chi connectivity index (χ2v) is 4.17. The first-order valence-corrected chi connectivity index (χ1v) is 5.14. The summed E-state index contributed by atoms with van der Waals surface area (Å²) in [7, 11) is 5.36. The van der Waals surface area contributed by atoms with Crippen molar-refractivity contribution in [3.8, 4) is 0 Å². The summed E-state index contributed by atoms with van der Waals surface area (Å²) < 4.78 is 4.56. The van der Waals surface area contributed by atoms with Crippen LogP contribution in [0.2, 0.25) is 0 Å². The van der Waals surface area contributed by atoms with Crippen LogP contribution in [0.25, 0.3) is 0 Å². The maximum absolute atomic E-state index is 10.9. The molecule has 0 fully saturated rings. The Labute approximate surface area is 87.5 Å². The van der Waals surface area contributed by atoms with Crippen LogP contribution in [-0.2, 0) is 22.5 Å². The van der Waals surface area contributed by atoms with E-state index in [1.165, 1.54) is 7.11 Å². The molecular formula is C9H14N2O2S. The molecule has 0 saturated heterocycles. The van der Waals surface area contributed by atoms with E-state index in [4.69, 9.17) is 0 Å². The predicted octanol–water partition coefficient (Wildman–Crippen LogP) is 0.920. The molecule has 0 radical (unpaired) electrons. The number of rotatable bonds is 4. The zero-order valence-electron chi connectivity index (χ0n) is 8.61. The molecule has 0 aliphatic heterocycles. The van der Waals surface area contributed by atoms with Crippen LogP contribution >= 0.6 is 11.3 Å². The minimum absolute atomic E-state index is 0.244. The van der Waals surface area contributed by atoms with Crippen molar-refractivity contribution in [1.82, 2.24) is 9.88 Å². The molecular weight excluding hydrogens is 200 g/mol. The molecule has 1 aromatic heterocycles. The minimum Gasteiger partial charge on any atom is -0.469 e. The molecule has 0 aliphatic carbocycles. The third-order valence-electron chi connectivity index (χ3n) is 1.60. The van der Waals surface area contributed by atoms with Crippen molar-refractivity contribution in [2.24, 2.45) is 0 Å². The molecule has 0 amide bonds. The van der Waals surface area contributed by atoms with Crippen molar-refractivity contribution in [3.63, 3.8) is 0 Å². The first kappa shape index (κ1) is 11.1. The molecule has 0 aliphatic rings. The highest BCUT2D eigenvalue weighted by Crippen LogP contribution is 2.11. The molecule has 5 heteroatoms. The average Bonchev–Trinajstić information content (AvgIpc) is 2.51. The van der Waals surface area contributed by atoms with Gasteiger partial charge in [-0.1, -0.05) is 0 Å². The Bertz CT molecular complexity index is 310. The molecule has 1 rings (SSSR count). The van der Waals surface area contributed by atoms with Crippen molar-refractivity contribution >= 4 is 17.3 Å². The number of carbonyl (C=O) groups excluding carboxylic acids is 1. The fourth-order valence-corrected chi connectivity index (χ4v) is 1.90. The average molecular weight is 214 g/mol. The standard InChI is InChI=1S/C9H14N2O2S/c1-11(2)5-8-10-7(6-14-8)4-9(12)13-3/h6H,4-5H2,1-3H3. The van der Waals surface area contributed by atoms with Gasteiger partial charge < -0.3 is 9.64 Å². The second-order valence-electron chi connectivity index (χ2n) is 3.22. The van der Waals surface area contributed by atoms with Crippen LogP contribution in [0.3, 0.4) is 0 Å². The first-order valence-electron chi connectivity index (χ1n) is 4.26. The van der Waals surface area contributed by atoms with E-state index in [2.05, 4.69) is 9.72 Å². The van der Waals surface area contributed by atoms with Crippen LogP contribution in [0, 0.1) is 0 Å². The van der Waals surface area contributed by atoms with E-state index in [0.717, 1.165) is 17.2 Å². The second kappa shape index (κ2) is 5.07. The summed E-state index contributed by atoms with van der Waals surface area (Å²) in [4.78, 5) is 17.3. The van der Waals surface area contributed by atoms with Gasteiger partial charge in [0, 0.05) is 11.9 Å². The number of hydrogen-bond acceptors (Lipinski definition) is 5. The fourth-order valence-electron chi connectivity index (χ4n) is 0.993. The van der Waals surface area contributed by atoms with Crippen LogP contribution in [0.4, 0.5) is 0 Å². The van der Waals surface area contributed by atoms with E-state index in [1.54, 1.807) is 11.3 Å². The van der Waals surface area contributed by atoms with Gasteiger partial charge in [-0.15, -0.1) is 11.3 Å². The third-order valence-corrected chi connectivity index (χ3v) is 2.49. The smallest absolute Gasteiger partial charge is 0.311 e. The van der Waals surface area contributed by atoms with Gasteiger partial charge in [-0.2, -0.15) is 0 Å². The van der Waals surface area contributed by atoms with E-state index < -0.39 is 0 Å². The number of esters is 1. The van der Waals surface area contributed by atoms with Crippen molar-refractivity contribution in [2.75, 3.05) is 21.2 Å². The number of methoxy groups -OCH3 is 1. The summed E-state index contributed by atoms with van der Waals surface area (Å²) >= 11 is 1.57. The third kappa shape index (κ3) is 3.43. The van der Waals surface area contributed by atoms with E-state index in [-0.39, 0.29) is 12.4 Å². The van der Waals surface area contributed by atoms with Crippen LogP contribution in [-0.4, -0.2) is 37.1 Å². The molecule has 1 aromatic rings. The highest BCUT2D eigenvalue weighted by Gasteiger charge is 2.07. The largest absolute Gasteiger partial charge is 0.469 e. The number of thiazole rings is 1. The molecule has 0 N–H and O–H groups in total. The SMILES string of the molecule is COC(=O)Cc1csc(CN(C)C)n1. The lowest BCUT2D eigenvalue weighted by molar-refractivity contribution is -0.139. The molecule has 0 saturated carbocycles. The van der Waals surface area contributed by atoms with Crippen LogP contribution in [0.1, 0.15) is 10.7 Å². The van der Waals surface area contributed by atoms with Gasteiger partial charge in [-0.3, -0.25) is 4.79 Å². The summed E-state index contributed by atoms with van der Waals surface area (Å²) in [5, 5.41) is 2.92. The number of carbonyl (C=O) groups is 1. The Hall–Kier alpha value is -0.940. The van der Waals surface area contributed by atoms with E-state index in [9.17, 15) is 4.79 Å². The Morgan fingerprint density at radius 3 is 2.93 bits per heavy atom. The van der Waals surface area contributed by atoms with Crippen molar-refractivity contribution in [3.05, 3.63) is 16.1 Å². The molecule has 1 heterocycles. The van der Waals surface area contributed by atoms with Gasteiger partial charge in [0.05, 0.1) is 19.2 Å². The Kier molecular flexibility index (Phi) is 4.03. The maximum Gasteiger partial charge on any atom is 0.311 e.